The van der Waals surface area contributed by atoms with Crippen molar-refractivity contribution in [2.24, 2.45) is 0 Å². The predicted molar refractivity (Wildman–Crippen MR) is 89.7 cm³/mol. The number of hydrogen-bond donors (Lipinski definition) is 0. The number of aromatic nitrogens is 4. The Morgan fingerprint density at radius 2 is 2.12 bits per heavy atom. The second kappa shape index (κ2) is 7.63. The van der Waals surface area contributed by atoms with E-state index in [0.717, 1.165) is 22.3 Å². The average molecular weight is 368 g/mol. The molecule has 3 heterocycles. The number of nitrogens with zero attached hydrogens (tertiary/aromatic N) is 4. The summed E-state index contributed by atoms with van der Waals surface area (Å²) in [6.45, 7) is 0. The van der Waals surface area contributed by atoms with Crippen LogP contribution >= 0.6 is 23.1 Å². The molecule has 3 rings (SSSR count). The maximum Gasteiger partial charge on any atom is 0.301 e. The molecule has 0 radical (unpaired) electrons. The second-order valence-corrected chi connectivity index (χ2v) is 6.63. The topological polar surface area (TPSA) is 43.1 Å². The van der Waals surface area contributed by atoms with E-state index in [1.165, 1.54) is 0 Å². The summed E-state index contributed by atoms with van der Waals surface area (Å²) in [6, 6.07) is 5.75. The zero-order valence-electron chi connectivity index (χ0n) is 12.2. The highest BCUT2D eigenvalue weighted by Gasteiger charge is 2.10. The van der Waals surface area contributed by atoms with Gasteiger partial charge in [-0.3, -0.25) is 0 Å². The normalized spacial score (nSPS) is 11.5. The second-order valence-electron chi connectivity index (χ2n) is 4.59. The molecule has 0 N–H and O–H groups in total. The quantitative estimate of drug-likeness (QED) is 0.580. The van der Waals surface area contributed by atoms with Gasteiger partial charge in [-0.1, -0.05) is 17.8 Å². The van der Waals surface area contributed by atoms with Gasteiger partial charge in [0, 0.05) is 23.2 Å². The largest absolute Gasteiger partial charge is 0.301 e. The molecule has 0 aliphatic carbocycles. The molecule has 0 saturated heterocycles. The lowest BCUT2D eigenvalue weighted by Gasteiger charge is -1.96. The Bertz CT molecular complexity index is 883. The highest BCUT2D eigenvalue weighted by molar-refractivity contribution is 7.99. The number of rotatable bonds is 6. The van der Waals surface area contributed by atoms with Gasteiger partial charge >= 0.3 is 6.08 Å². The van der Waals surface area contributed by atoms with Gasteiger partial charge in [0.05, 0.1) is 5.69 Å². The van der Waals surface area contributed by atoms with Crippen molar-refractivity contribution >= 4 is 41.0 Å². The van der Waals surface area contributed by atoms with Crippen LogP contribution in [-0.4, -0.2) is 25.3 Å². The number of thiophene rings is 1. The van der Waals surface area contributed by atoms with E-state index in [0.29, 0.717) is 10.9 Å². The van der Waals surface area contributed by atoms with Crippen molar-refractivity contribution in [3.8, 4) is 0 Å². The first-order valence-electron chi connectivity index (χ1n) is 6.89. The van der Waals surface area contributed by atoms with Crippen LogP contribution in [0, 0.1) is 0 Å². The molecule has 0 saturated carbocycles. The van der Waals surface area contributed by atoms with E-state index in [4.69, 9.17) is 0 Å². The van der Waals surface area contributed by atoms with E-state index in [9.17, 15) is 13.2 Å². The van der Waals surface area contributed by atoms with Crippen molar-refractivity contribution in [3.63, 3.8) is 0 Å². The molecule has 0 aliphatic rings. The third kappa shape index (κ3) is 4.04. The molecule has 0 spiro atoms. The van der Waals surface area contributed by atoms with Crippen molar-refractivity contribution < 1.29 is 13.2 Å². The predicted octanol–water partition coefficient (Wildman–Crippen LogP) is 4.92. The van der Waals surface area contributed by atoms with Crippen molar-refractivity contribution in [1.82, 2.24) is 19.6 Å². The van der Waals surface area contributed by atoms with Gasteiger partial charge in [-0.25, -0.2) is 9.37 Å². The van der Waals surface area contributed by atoms with Crippen molar-refractivity contribution in [3.05, 3.63) is 52.3 Å². The van der Waals surface area contributed by atoms with E-state index in [1.807, 2.05) is 29.7 Å². The van der Waals surface area contributed by atoms with E-state index < -0.39 is 11.9 Å². The van der Waals surface area contributed by atoms with Gasteiger partial charge in [0.25, 0.3) is 5.78 Å². The standard InChI is InChI=1S/C15H11F3N4S2/c16-12(13(17)18)6-9-24-15-20-14-19-7-5-10(22(14)21-15)3-4-11-2-1-8-23-11/h1-5,7-8H,6,9H2. The van der Waals surface area contributed by atoms with E-state index in [-0.39, 0.29) is 12.2 Å². The fourth-order valence-corrected chi connectivity index (χ4v) is 3.23. The number of thioether (sulfide) groups is 1. The zero-order chi connectivity index (χ0) is 16.9. The number of fused-ring (bicyclic) bond motifs is 1. The molecule has 4 nitrogen and oxygen atoms in total. The van der Waals surface area contributed by atoms with Gasteiger partial charge < -0.3 is 0 Å². The molecule has 0 fully saturated rings. The van der Waals surface area contributed by atoms with Gasteiger partial charge in [0.15, 0.2) is 5.83 Å². The Morgan fingerprint density at radius 1 is 1.25 bits per heavy atom. The molecular formula is C15H11F3N4S2. The lowest BCUT2D eigenvalue weighted by Crippen LogP contribution is -1.94. The summed E-state index contributed by atoms with van der Waals surface area (Å²) in [6.07, 6.45) is 2.83. The molecule has 3 aromatic heterocycles. The minimum Gasteiger partial charge on any atom is -0.220 e. The van der Waals surface area contributed by atoms with Crippen molar-refractivity contribution in [2.45, 2.75) is 11.6 Å². The minimum atomic E-state index is -2.28. The van der Waals surface area contributed by atoms with Gasteiger partial charge in [-0.2, -0.15) is 18.3 Å². The average Bonchev–Trinajstić information content (AvgIpc) is 3.21. The Labute approximate surface area is 143 Å². The molecule has 24 heavy (non-hydrogen) atoms. The van der Waals surface area contributed by atoms with E-state index >= 15 is 0 Å². The van der Waals surface area contributed by atoms with Gasteiger partial charge in [0.1, 0.15) is 0 Å². The first-order chi connectivity index (χ1) is 11.6. The van der Waals surface area contributed by atoms with Crippen LogP contribution in [0.4, 0.5) is 13.2 Å². The van der Waals surface area contributed by atoms with Crippen LogP contribution < -0.4 is 0 Å². The monoisotopic (exact) mass is 368 g/mol. The number of halogens is 3. The Kier molecular flexibility index (Phi) is 5.31. The van der Waals surface area contributed by atoms with Crippen LogP contribution in [0.2, 0.25) is 0 Å². The molecule has 0 bridgehead atoms. The SMILES string of the molecule is FC(F)=C(F)CCSc1nc2nccc(C=Cc3cccs3)n2n1. The maximum absolute atomic E-state index is 12.8. The highest BCUT2D eigenvalue weighted by Crippen LogP contribution is 2.21. The van der Waals surface area contributed by atoms with Crippen LogP contribution in [-0.2, 0) is 0 Å². The molecule has 3 aromatic rings. The summed E-state index contributed by atoms with van der Waals surface area (Å²) in [5.41, 5.74) is 0.786. The summed E-state index contributed by atoms with van der Waals surface area (Å²) in [4.78, 5) is 9.43. The molecule has 0 amide bonds. The van der Waals surface area contributed by atoms with Crippen LogP contribution in [0.3, 0.4) is 0 Å². The summed E-state index contributed by atoms with van der Waals surface area (Å²) in [5, 5.41) is 6.64. The molecule has 124 valence electrons. The highest BCUT2D eigenvalue weighted by atomic mass is 32.2. The minimum absolute atomic E-state index is 0.125. The van der Waals surface area contributed by atoms with Gasteiger partial charge in [-0.15, -0.1) is 16.4 Å². The summed E-state index contributed by atoms with van der Waals surface area (Å²) >= 11 is 2.72. The molecule has 0 atom stereocenters. The third-order valence-corrected chi connectivity index (χ3v) is 4.65. The van der Waals surface area contributed by atoms with E-state index in [2.05, 4.69) is 15.1 Å². The van der Waals surface area contributed by atoms with Crippen molar-refractivity contribution in [2.75, 3.05) is 5.75 Å². The molecular weight excluding hydrogens is 357 g/mol. The van der Waals surface area contributed by atoms with Crippen LogP contribution in [0.1, 0.15) is 17.0 Å². The first-order valence-corrected chi connectivity index (χ1v) is 8.76. The molecule has 0 aromatic carbocycles. The molecule has 0 aliphatic heterocycles. The molecule has 9 heteroatoms. The van der Waals surface area contributed by atoms with Crippen LogP contribution in [0.5, 0.6) is 0 Å². The Morgan fingerprint density at radius 3 is 2.88 bits per heavy atom. The lowest BCUT2D eigenvalue weighted by molar-refractivity contribution is 0.373. The number of hydrogen-bond acceptors (Lipinski definition) is 5. The third-order valence-electron chi connectivity index (χ3n) is 2.97. The van der Waals surface area contributed by atoms with Gasteiger partial charge in [0.2, 0.25) is 5.16 Å². The van der Waals surface area contributed by atoms with Crippen molar-refractivity contribution in [1.29, 1.82) is 0 Å². The fourth-order valence-electron chi connectivity index (χ4n) is 1.86. The summed E-state index contributed by atoms with van der Waals surface area (Å²) in [5.74, 6) is -0.872. The smallest absolute Gasteiger partial charge is 0.220 e. The van der Waals surface area contributed by atoms with Crippen LogP contribution in [0.15, 0.2) is 46.8 Å². The van der Waals surface area contributed by atoms with Gasteiger partial charge in [-0.05, 0) is 29.7 Å². The maximum atomic E-state index is 12.8. The fraction of sp³-hybridized carbons (Fsp3) is 0.133. The zero-order valence-corrected chi connectivity index (χ0v) is 13.8. The van der Waals surface area contributed by atoms with Crippen LogP contribution in [0.25, 0.3) is 17.9 Å². The lowest BCUT2D eigenvalue weighted by atomic mass is 10.3. The number of allylic oxidation sites excluding steroid dienone is 1. The first kappa shape index (κ1) is 16.7. The molecule has 0 unspecified atom stereocenters. The summed E-state index contributed by atoms with van der Waals surface area (Å²) in [7, 11) is 0. The Hall–Kier alpha value is -2.13. The summed E-state index contributed by atoms with van der Waals surface area (Å²) < 4.78 is 38.4. The van der Waals surface area contributed by atoms with E-state index in [1.54, 1.807) is 28.1 Å². The Balaban J connectivity index is 1.76.